The van der Waals surface area contributed by atoms with E-state index in [9.17, 15) is 0 Å². The number of nitrogens with zero attached hydrogens (tertiary/aromatic N) is 2. The van der Waals surface area contributed by atoms with Crippen molar-refractivity contribution in [1.29, 1.82) is 0 Å². The lowest BCUT2D eigenvalue weighted by Gasteiger charge is -2.24. The molecule has 0 spiro atoms. The topological polar surface area (TPSA) is 15.6 Å². The van der Waals surface area contributed by atoms with Crippen LogP contribution < -0.4 is 0 Å². The van der Waals surface area contributed by atoms with Gasteiger partial charge in [-0.2, -0.15) is 0 Å². The first-order chi connectivity index (χ1) is 9.30. The van der Waals surface area contributed by atoms with Crippen LogP contribution in [0.2, 0.25) is 0 Å². The molecule has 0 aliphatic carbocycles. The molecule has 1 atom stereocenters. The van der Waals surface area contributed by atoms with Gasteiger partial charge in [-0.25, -0.2) is 0 Å². The van der Waals surface area contributed by atoms with Crippen molar-refractivity contribution in [2.45, 2.75) is 38.1 Å². The van der Waals surface area contributed by atoms with Gasteiger partial charge < -0.3 is 4.90 Å². The standard InChI is InChI=1S/C16H21IN2/c1-2-9-16(12-17)14-8-4-3-7-13(14)15(18-16)19-10-5-6-11-19/h3-4,7-8H,2,5-6,9-12H2,1H3. The molecule has 3 rings (SSSR count). The molecule has 1 unspecified atom stereocenters. The number of halogens is 1. The average Bonchev–Trinajstić information content (AvgIpc) is 3.06. The number of fused-ring (bicyclic) bond motifs is 1. The molecule has 2 heterocycles. The van der Waals surface area contributed by atoms with Gasteiger partial charge in [0.05, 0.1) is 5.54 Å². The van der Waals surface area contributed by atoms with E-state index in [-0.39, 0.29) is 5.54 Å². The number of amidine groups is 1. The number of aliphatic imine (C=N–C) groups is 1. The third kappa shape index (κ3) is 2.20. The largest absolute Gasteiger partial charge is 0.356 e. The molecule has 1 saturated heterocycles. The van der Waals surface area contributed by atoms with Crippen LogP contribution >= 0.6 is 22.6 Å². The van der Waals surface area contributed by atoms with Crippen LogP contribution in [0.3, 0.4) is 0 Å². The van der Waals surface area contributed by atoms with E-state index < -0.39 is 0 Å². The zero-order valence-corrected chi connectivity index (χ0v) is 13.7. The minimum absolute atomic E-state index is 0.0316. The van der Waals surface area contributed by atoms with Crippen molar-refractivity contribution in [3.63, 3.8) is 0 Å². The van der Waals surface area contributed by atoms with Gasteiger partial charge in [0.25, 0.3) is 0 Å². The Kier molecular flexibility index (Phi) is 3.83. The number of likely N-dealkylation sites (tertiary alicyclic amines) is 1. The smallest absolute Gasteiger partial charge is 0.132 e. The molecular formula is C16H21IN2. The predicted octanol–water partition coefficient (Wildman–Crippen LogP) is 3.97. The van der Waals surface area contributed by atoms with Crippen LogP contribution in [-0.2, 0) is 5.54 Å². The van der Waals surface area contributed by atoms with Crippen molar-refractivity contribution in [3.8, 4) is 0 Å². The van der Waals surface area contributed by atoms with Crippen LogP contribution in [0.1, 0.15) is 43.7 Å². The van der Waals surface area contributed by atoms with Gasteiger partial charge in [0.2, 0.25) is 0 Å². The lowest BCUT2D eigenvalue weighted by molar-refractivity contribution is 0.461. The van der Waals surface area contributed by atoms with E-state index in [4.69, 9.17) is 4.99 Å². The van der Waals surface area contributed by atoms with E-state index in [0.29, 0.717) is 0 Å². The Morgan fingerprint density at radius 2 is 2.00 bits per heavy atom. The molecule has 0 N–H and O–H groups in total. The summed E-state index contributed by atoms with van der Waals surface area (Å²) >= 11 is 2.51. The lowest BCUT2D eigenvalue weighted by Crippen LogP contribution is -2.28. The van der Waals surface area contributed by atoms with Gasteiger partial charge in [-0.05, 0) is 24.8 Å². The summed E-state index contributed by atoms with van der Waals surface area (Å²) in [4.78, 5) is 7.70. The molecule has 0 radical (unpaired) electrons. The molecular weight excluding hydrogens is 347 g/mol. The van der Waals surface area contributed by atoms with Crippen LogP contribution in [0.5, 0.6) is 0 Å². The normalized spacial score (nSPS) is 25.6. The van der Waals surface area contributed by atoms with E-state index in [1.165, 1.54) is 49.3 Å². The fourth-order valence-corrected chi connectivity index (χ4v) is 4.31. The molecule has 0 aromatic heterocycles. The monoisotopic (exact) mass is 368 g/mol. The van der Waals surface area contributed by atoms with E-state index in [1.807, 2.05) is 0 Å². The second-order valence-corrected chi connectivity index (χ2v) is 6.35. The Morgan fingerprint density at radius 1 is 1.26 bits per heavy atom. The SMILES string of the molecule is CCCC1(CI)N=C(N2CCCC2)c2ccccc21. The maximum absolute atomic E-state index is 5.21. The Morgan fingerprint density at radius 3 is 2.68 bits per heavy atom. The zero-order chi connectivity index (χ0) is 13.3. The maximum atomic E-state index is 5.21. The average molecular weight is 368 g/mol. The highest BCUT2D eigenvalue weighted by molar-refractivity contribution is 14.1. The summed E-state index contributed by atoms with van der Waals surface area (Å²) in [7, 11) is 0. The van der Waals surface area contributed by atoms with Gasteiger partial charge in [0.15, 0.2) is 0 Å². The van der Waals surface area contributed by atoms with Crippen molar-refractivity contribution in [3.05, 3.63) is 35.4 Å². The van der Waals surface area contributed by atoms with Crippen molar-refractivity contribution in [1.82, 2.24) is 4.90 Å². The molecule has 1 aromatic carbocycles. The van der Waals surface area contributed by atoms with Crippen molar-refractivity contribution in [2.24, 2.45) is 4.99 Å². The van der Waals surface area contributed by atoms with Crippen LogP contribution in [-0.4, -0.2) is 28.3 Å². The van der Waals surface area contributed by atoms with E-state index in [0.717, 1.165) is 10.8 Å². The number of alkyl halides is 1. The van der Waals surface area contributed by atoms with Gasteiger partial charge in [0.1, 0.15) is 5.84 Å². The summed E-state index contributed by atoms with van der Waals surface area (Å²) in [6, 6.07) is 8.87. The Bertz CT molecular complexity index is 491. The number of hydrogen-bond donors (Lipinski definition) is 0. The molecule has 2 aliphatic heterocycles. The predicted molar refractivity (Wildman–Crippen MR) is 89.3 cm³/mol. The summed E-state index contributed by atoms with van der Waals surface area (Å²) in [5, 5.41) is 0. The fraction of sp³-hybridized carbons (Fsp3) is 0.562. The highest BCUT2D eigenvalue weighted by Gasteiger charge is 2.40. The Labute approximate surface area is 129 Å². The molecule has 2 aliphatic rings. The number of benzene rings is 1. The highest BCUT2D eigenvalue weighted by atomic mass is 127. The molecule has 19 heavy (non-hydrogen) atoms. The molecule has 0 bridgehead atoms. The van der Waals surface area contributed by atoms with E-state index in [2.05, 4.69) is 58.7 Å². The number of rotatable bonds is 3. The first kappa shape index (κ1) is 13.4. The molecule has 102 valence electrons. The fourth-order valence-electron chi connectivity index (χ4n) is 3.35. The van der Waals surface area contributed by atoms with Crippen LogP contribution in [0, 0.1) is 0 Å². The molecule has 0 saturated carbocycles. The van der Waals surface area contributed by atoms with Gasteiger partial charge in [0, 0.05) is 23.1 Å². The second kappa shape index (κ2) is 5.43. The van der Waals surface area contributed by atoms with Crippen molar-refractivity contribution in [2.75, 3.05) is 17.5 Å². The van der Waals surface area contributed by atoms with Crippen molar-refractivity contribution >= 4 is 28.4 Å². The van der Waals surface area contributed by atoms with Crippen LogP contribution in [0.4, 0.5) is 0 Å². The summed E-state index contributed by atoms with van der Waals surface area (Å²) in [5.74, 6) is 1.26. The van der Waals surface area contributed by atoms with E-state index >= 15 is 0 Å². The third-order valence-corrected chi connectivity index (χ3v) is 5.54. The van der Waals surface area contributed by atoms with Gasteiger partial charge >= 0.3 is 0 Å². The molecule has 0 amide bonds. The van der Waals surface area contributed by atoms with Crippen LogP contribution in [0.15, 0.2) is 29.3 Å². The Hall–Kier alpha value is -0.580. The third-order valence-electron chi connectivity index (χ3n) is 4.28. The summed E-state index contributed by atoms with van der Waals surface area (Å²) in [5.41, 5.74) is 2.87. The zero-order valence-electron chi connectivity index (χ0n) is 11.5. The minimum Gasteiger partial charge on any atom is -0.356 e. The quantitative estimate of drug-likeness (QED) is 0.582. The maximum Gasteiger partial charge on any atom is 0.132 e. The highest BCUT2D eigenvalue weighted by Crippen LogP contribution is 2.41. The Balaban J connectivity index is 2.07. The summed E-state index contributed by atoms with van der Waals surface area (Å²) in [6.45, 7) is 4.62. The van der Waals surface area contributed by atoms with Gasteiger partial charge in [-0.15, -0.1) is 0 Å². The second-order valence-electron chi connectivity index (χ2n) is 5.59. The molecule has 1 aromatic rings. The van der Waals surface area contributed by atoms with Crippen molar-refractivity contribution < 1.29 is 0 Å². The summed E-state index contributed by atoms with van der Waals surface area (Å²) in [6.07, 6.45) is 4.97. The van der Waals surface area contributed by atoms with Gasteiger partial charge in [-0.3, -0.25) is 4.99 Å². The molecule has 1 fully saturated rings. The van der Waals surface area contributed by atoms with Crippen LogP contribution in [0.25, 0.3) is 0 Å². The minimum atomic E-state index is 0.0316. The number of hydrogen-bond acceptors (Lipinski definition) is 2. The molecule has 3 heteroatoms. The molecule has 2 nitrogen and oxygen atoms in total. The summed E-state index contributed by atoms with van der Waals surface area (Å²) < 4.78 is 1.08. The first-order valence-electron chi connectivity index (χ1n) is 7.31. The first-order valence-corrected chi connectivity index (χ1v) is 8.84. The lowest BCUT2D eigenvalue weighted by atomic mass is 9.87. The van der Waals surface area contributed by atoms with E-state index in [1.54, 1.807) is 0 Å². The van der Waals surface area contributed by atoms with Gasteiger partial charge in [-0.1, -0.05) is 60.2 Å².